The minimum absolute atomic E-state index is 0.421. The lowest BCUT2D eigenvalue weighted by Gasteiger charge is -2.05. The molecule has 90 valence electrons. The quantitative estimate of drug-likeness (QED) is 0.857. The van der Waals surface area contributed by atoms with E-state index in [1.54, 1.807) is 6.26 Å². The Balaban J connectivity index is 1.99. The minimum Gasteiger partial charge on any atom is -0.448 e. The van der Waals surface area contributed by atoms with Gasteiger partial charge in [0.15, 0.2) is 5.89 Å². The summed E-state index contributed by atoms with van der Waals surface area (Å²) >= 11 is 0. The van der Waals surface area contributed by atoms with Crippen molar-refractivity contribution >= 4 is 0 Å². The van der Waals surface area contributed by atoms with Gasteiger partial charge < -0.3 is 9.73 Å². The maximum Gasteiger partial charge on any atom is 0.198 e. The highest BCUT2D eigenvalue weighted by molar-refractivity contribution is 5.18. The van der Waals surface area contributed by atoms with Crippen LogP contribution < -0.4 is 5.32 Å². The van der Waals surface area contributed by atoms with Crippen LogP contribution >= 0.6 is 0 Å². The van der Waals surface area contributed by atoms with Gasteiger partial charge in [0, 0.05) is 18.9 Å². The van der Waals surface area contributed by atoms with Crippen molar-refractivity contribution in [2.45, 2.75) is 25.8 Å². The van der Waals surface area contributed by atoms with Crippen molar-refractivity contribution in [1.82, 2.24) is 10.3 Å². The first-order valence-corrected chi connectivity index (χ1v) is 5.92. The Morgan fingerprint density at radius 1 is 1.29 bits per heavy atom. The minimum atomic E-state index is 0.421. The van der Waals surface area contributed by atoms with E-state index in [2.05, 4.69) is 29.4 Å². The Morgan fingerprint density at radius 3 is 2.76 bits per heavy atom. The van der Waals surface area contributed by atoms with Crippen LogP contribution in [0.25, 0.3) is 0 Å². The highest BCUT2D eigenvalue weighted by Gasteiger charge is 2.07. The molecule has 17 heavy (non-hydrogen) atoms. The number of benzene rings is 1. The van der Waals surface area contributed by atoms with Crippen molar-refractivity contribution < 1.29 is 4.42 Å². The number of nitrogens with zero attached hydrogens (tertiary/aromatic N) is 1. The van der Waals surface area contributed by atoms with Gasteiger partial charge in [0.25, 0.3) is 0 Å². The molecule has 1 N–H and O–H groups in total. The van der Waals surface area contributed by atoms with E-state index in [0.717, 1.165) is 24.4 Å². The molecule has 0 fully saturated rings. The normalized spacial score (nSPS) is 12.6. The molecule has 1 aromatic carbocycles. The second kappa shape index (κ2) is 5.64. The van der Waals surface area contributed by atoms with Crippen LogP contribution in [0.2, 0.25) is 0 Å². The smallest absolute Gasteiger partial charge is 0.198 e. The molecule has 0 bridgehead atoms. The Bertz CT molecular complexity index is 450. The van der Waals surface area contributed by atoms with E-state index in [0.29, 0.717) is 6.04 Å². The predicted molar refractivity (Wildman–Crippen MR) is 68.0 cm³/mol. The first-order valence-electron chi connectivity index (χ1n) is 5.92. The molecule has 0 spiro atoms. The zero-order valence-electron chi connectivity index (χ0n) is 10.3. The van der Waals surface area contributed by atoms with E-state index in [1.807, 2.05) is 25.2 Å². The fraction of sp³-hybridized carbons (Fsp3) is 0.357. The van der Waals surface area contributed by atoms with Crippen LogP contribution in [0, 0.1) is 0 Å². The zero-order chi connectivity index (χ0) is 12.1. The highest BCUT2D eigenvalue weighted by atomic mass is 16.3. The van der Waals surface area contributed by atoms with Crippen LogP contribution in [0.15, 0.2) is 41.0 Å². The number of hydrogen-bond acceptors (Lipinski definition) is 3. The van der Waals surface area contributed by atoms with Gasteiger partial charge in [-0.1, -0.05) is 30.3 Å². The van der Waals surface area contributed by atoms with Crippen LogP contribution in [-0.2, 0) is 12.8 Å². The average molecular weight is 230 g/mol. The van der Waals surface area contributed by atoms with Crippen molar-refractivity contribution in [3.8, 4) is 0 Å². The third-order valence-corrected chi connectivity index (χ3v) is 2.81. The lowest BCUT2D eigenvalue weighted by molar-refractivity contribution is 0.505. The van der Waals surface area contributed by atoms with E-state index in [4.69, 9.17) is 4.42 Å². The maximum atomic E-state index is 5.48. The lowest BCUT2D eigenvalue weighted by atomic mass is 10.1. The Kier molecular flexibility index (Phi) is 3.94. The fourth-order valence-electron chi connectivity index (χ4n) is 1.71. The molecule has 1 heterocycles. The summed E-state index contributed by atoms with van der Waals surface area (Å²) in [6.45, 7) is 2.13. The van der Waals surface area contributed by atoms with Gasteiger partial charge in [0.1, 0.15) is 6.26 Å². The third kappa shape index (κ3) is 3.43. The van der Waals surface area contributed by atoms with E-state index in [-0.39, 0.29) is 0 Å². The van der Waals surface area contributed by atoms with Crippen LogP contribution in [0.4, 0.5) is 0 Å². The third-order valence-electron chi connectivity index (χ3n) is 2.81. The van der Waals surface area contributed by atoms with Crippen molar-refractivity contribution in [3.63, 3.8) is 0 Å². The van der Waals surface area contributed by atoms with Crippen LogP contribution in [-0.4, -0.2) is 18.1 Å². The summed E-state index contributed by atoms with van der Waals surface area (Å²) in [5.74, 6) is 0.787. The standard InChI is InChI=1S/C14H18N2O/c1-11(15-2)8-13-10-17-14(16-13)9-12-6-4-3-5-7-12/h3-7,10-11,15H,8-9H2,1-2H3. The van der Waals surface area contributed by atoms with Gasteiger partial charge >= 0.3 is 0 Å². The fourth-order valence-corrected chi connectivity index (χ4v) is 1.71. The molecule has 0 saturated heterocycles. The molecule has 1 unspecified atom stereocenters. The molecule has 0 saturated carbocycles. The van der Waals surface area contributed by atoms with Gasteiger partial charge in [-0.15, -0.1) is 0 Å². The summed E-state index contributed by atoms with van der Waals surface area (Å²) in [4.78, 5) is 4.49. The molecule has 3 heteroatoms. The molecular formula is C14H18N2O. The molecule has 0 aliphatic rings. The molecule has 0 radical (unpaired) electrons. The van der Waals surface area contributed by atoms with Gasteiger partial charge in [-0.05, 0) is 19.5 Å². The van der Waals surface area contributed by atoms with Gasteiger partial charge in [-0.3, -0.25) is 0 Å². The average Bonchev–Trinajstić information content (AvgIpc) is 2.77. The summed E-state index contributed by atoms with van der Waals surface area (Å²) < 4.78 is 5.48. The number of hydrogen-bond donors (Lipinski definition) is 1. The van der Waals surface area contributed by atoms with E-state index in [1.165, 1.54) is 5.56 Å². The summed E-state index contributed by atoms with van der Waals surface area (Å²) in [6, 6.07) is 10.7. The number of rotatable bonds is 5. The van der Waals surface area contributed by atoms with Crippen LogP contribution in [0.5, 0.6) is 0 Å². The molecule has 3 nitrogen and oxygen atoms in total. The molecule has 1 atom stereocenters. The molecule has 0 amide bonds. The van der Waals surface area contributed by atoms with E-state index >= 15 is 0 Å². The van der Waals surface area contributed by atoms with Crippen LogP contribution in [0.3, 0.4) is 0 Å². The largest absolute Gasteiger partial charge is 0.448 e. The molecule has 2 aromatic rings. The predicted octanol–water partition coefficient (Wildman–Crippen LogP) is 2.42. The van der Waals surface area contributed by atoms with E-state index in [9.17, 15) is 0 Å². The highest BCUT2D eigenvalue weighted by Crippen LogP contribution is 2.10. The van der Waals surface area contributed by atoms with Gasteiger partial charge in [-0.25, -0.2) is 4.98 Å². The van der Waals surface area contributed by atoms with Gasteiger partial charge in [0.2, 0.25) is 0 Å². The molecule has 1 aromatic heterocycles. The maximum absolute atomic E-state index is 5.48. The SMILES string of the molecule is CNC(C)Cc1coc(Cc2ccccc2)n1. The van der Waals surface area contributed by atoms with Gasteiger partial charge in [0.05, 0.1) is 5.69 Å². The monoisotopic (exact) mass is 230 g/mol. The Hall–Kier alpha value is -1.61. The van der Waals surface area contributed by atoms with Crippen molar-refractivity contribution in [1.29, 1.82) is 0 Å². The molecule has 2 rings (SSSR count). The topological polar surface area (TPSA) is 38.1 Å². The molecular weight excluding hydrogens is 212 g/mol. The van der Waals surface area contributed by atoms with Crippen molar-refractivity contribution in [2.24, 2.45) is 0 Å². The number of oxazole rings is 1. The first kappa shape index (κ1) is 11.9. The molecule has 0 aliphatic carbocycles. The second-order valence-electron chi connectivity index (χ2n) is 4.29. The van der Waals surface area contributed by atoms with Crippen molar-refractivity contribution in [3.05, 3.63) is 53.7 Å². The summed E-state index contributed by atoms with van der Waals surface area (Å²) in [6.07, 6.45) is 3.41. The Labute approximate surface area is 102 Å². The number of likely N-dealkylation sites (N-methyl/N-ethyl adjacent to an activating group) is 1. The summed E-state index contributed by atoms with van der Waals surface area (Å²) in [7, 11) is 1.95. The first-order chi connectivity index (χ1) is 8.28. The number of aromatic nitrogens is 1. The Morgan fingerprint density at radius 2 is 2.06 bits per heavy atom. The van der Waals surface area contributed by atoms with Gasteiger partial charge in [-0.2, -0.15) is 0 Å². The lowest BCUT2D eigenvalue weighted by Crippen LogP contribution is -2.23. The van der Waals surface area contributed by atoms with Crippen LogP contribution in [0.1, 0.15) is 24.1 Å². The second-order valence-corrected chi connectivity index (χ2v) is 4.29. The van der Waals surface area contributed by atoms with E-state index < -0.39 is 0 Å². The summed E-state index contributed by atoms with van der Waals surface area (Å²) in [5.41, 5.74) is 2.24. The molecule has 0 aliphatic heterocycles. The van der Waals surface area contributed by atoms with Crippen molar-refractivity contribution in [2.75, 3.05) is 7.05 Å². The summed E-state index contributed by atoms with van der Waals surface area (Å²) in [5, 5.41) is 3.19. The zero-order valence-corrected chi connectivity index (χ0v) is 10.3. The number of nitrogens with one attached hydrogen (secondary N) is 1.